The molecule has 1 unspecified atom stereocenters. The Hall–Kier alpha value is -0.0238. The summed E-state index contributed by atoms with van der Waals surface area (Å²) in [5, 5.41) is 9.30. The quantitative estimate of drug-likeness (QED) is 0.189. The van der Waals surface area contributed by atoms with Crippen LogP contribution in [-0.4, -0.2) is 34.1 Å². The Bertz CT molecular complexity index is 342. The minimum atomic E-state index is -0.639. The molecule has 0 spiro atoms. The molecule has 0 saturated carbocycles. The van der Waals surface area contributed by atoms with E-state index < -0.39 is 5.97 Å². The van der Waals surface area contributed by atoms with Crippen molar-refractivity contribution in [3.63, 3.8) is 0 Å². The van der Waals surface area contributed by atoms with Gasteiger partial charge in [0.15, 0.2) is 0 Å². The molecular weight excluding hydrogens is 321 g/mol. The predicted molar refractivity (Wildman–Crippen MR) is 113 cm³/mol. The Labute approximate surface area is 176 Å². The fourth-order valence-electron chi connectivity index (χ4n) is 3.17. The molecule has 0 aliphatic heterocycles. The van der Waals surface area contributed by atoms with E-state index in [0.29, 0.717) is 0 Å². The Morgan fingerprint density at radius 1 is 0.880 bits per heavy atom. The molecule has 0 aliphatic rings. The van der Waals surface area contributed by atoms with E-state index in [1.54, 1.807) is 0 Å². The van der Waals surface area contributed by atoms with Gasteiger partial charge in [0.1, 0.15) is 0 Å². The van der Waals surface area contributed by atoms with E-state index in [9.17, 15) is 9.90 Å². The van der Waals surface area contributed by atoms with Gasteiger partial charge >= 0.3 is 29.0 Å². The van der Waals surface area contributed by atoms with Gasteiger partial charge in [-0.3, -0.25) is 4.79 Å². The summed E-state index contributed by atoms with van der Waals surface area (Å²) in [6.07, 6.45) is 20.8. The van der Waals surface area contributed by atoms with Gasteiger partial charge in [0, 0.05) is 0 Å². The summed E-state index contributed by atoms with van der Waals surface area (Å²) in [4.78, 5) is 11.3. The van der Waals surface area contributed by atoms with E-state index >= 15 is 0 Å². The molecule has 0 aromatic heterocycles. The smallest absolute Gasteiger partial charge is 1.00 e. The van der Waals surface area contributed by atoms with Crippen LogP contribution in [0.25, 0.3) is 0 Å². The zero-order chi connectivity index (χ0) is 18.3. The van der Waals surface area contributed by atoms with E-state index in [0.717, 1.165) is 19.3 Å². The molecule has 2 nitrogen and oxygen atoms in total. The van der Waals surface area contributed by atoms with Gasteiger partial charge in [0.05, 0.1) is 5.92 Å². The molecule has 0 aromatic rings. The van der Waals surface area contributed by atoms with Gasteiger partial charge in [0.2, 0.25) is 0 Å². The third-order valence-electron chi connectivity index (χ3n) is 4.85. The van der Waals surface area contributed by atoms with Crippen molar-refractivity contribution in [1.82, 2.24) is 0 Å². The van der Waals surface area contributed by atoms with Crippen molar-refractivity contribution in [3.05, 3.63) is 12.2 Å². The second kappa shape index (κ2) is 17.4. The van der Waals surface area contributed by atoms with Gasteiger partial charge in [-0.15, -0.1) is 0 Å². The standard InChI is InChI=1S/C22H42O2.Mg.2H/c1-5-6-7-8-9-10-11-12-13-14-15-16-17-18-19-20(21(23)24)22(2,3)4;;;/h12-13,20H,5-11,14-19H2,1-4H3,(H,23,24);;;/q;+2;2*-1/b13-12-;;;. The van der Waals surface area contributed by atoms with Crippen molar-refractivity contribution in [3.8, 4) is 0 Å². The first-order valence-corrected chi connectivity index (χ1v) is 10.3. The summed E-state index contributed by atoms with van der Waals surface area (Å²) in [5.41, 5.74) is -0.134. The number of carbonyl (C=O) groups is 1. The molecule has 1 N–H and O–H groups in total. The number of rotatable bonds is 15. The van der Waals surface area contributed by atoms with Crippen LogP contribution >= 0.6 is 0 Å². The average molecular weight is 365 g/mol. The molecule has 0 bridgehead atoms. The Morgan fingerprint density at radius 2 is 1.32 bits per heavy atom. The van der Waals surface area contributed by atoms with Gasteiger partial charge in [0.25, 0.3) is 0 Å². The van der Waals surface area contributed by atoms with Crippen molar-refractivity contribution in [2.75, 3.05) is 0 Å². The van der Waals surface area contributed by atoms with Gasteiger partial charge in [-0.1, -0.05) is 91.2 Å². The van der Waals surface area contributed by atoms with Crippen LogP contribution in [0.2, 0.25) is 0 Å². The number of hydrogen-bond donors (Lipinski definition) is 1. The van der Waals surface area contributed by atoms with Crippen LogP contribution in [-0.2, 0) is 4.79 Å². The summed E-state index contributed by atoms with van der Waals surface area (Å²) in [6, 6.07) is 0. The van der Waals surface area contributed by atoms with Crippen LogP contribution < -0.4 is 0 Å². The summed E-state index contributed by atoms with van der Waals surface area (Å²) in [5.74, 6) is -0.852. The number of allylic oxidation sites excluding steroid dienone is 2. The second-order valence-electron chi connectivity index (χ2n) is 8.28. The molecule has 0 aromatic carbocycles. The molecular formula is C22H44MgO2. The normalized spacial score (nSPS) is 13.0. The van der Waals surface area contributed by atoms with Crippen LogP contribution in [0.1, 0.15) is 114 Å². The first kappa shape index (κ1) is 27.2. The summed E-state index contributed by atoms with van der Waals surface area (Å²) in [7, 11) is 0. The maximum Gasteiger partial charge on any atom is 2.00 e. The predicted octanol–water partition coefficient (Wildman–Crippen LogP) is 7.22. The molecule has 25 heavy (non-hydrogen) atoms. The maximum absolute atomic E-state index is 11.3. The molecule has 0 amide bonds. The van der Waals surface area contributed by atoms with E-state index in [4.69, 9.17) is 0 Å². The molecule has 0 aliphatic carbocycles. The van der Waals surface area contributed by atoms with E-state index in [2.05, 4.69) is 19.1 Å². The average Bonchev–Trinajstić information content (AvgIpc) is 2.49. The first-order chi connectivity index (χ1) is 11.4. The Kier molecular flexibility index (Phi) is 18.9. The van der Waals surface area contributed by atoms with Gasteiger partial charge in [-0.05, 0) is 37.5 Å². The number of unbranched alkanes of at least 4 members (excludes halogenated alkanes) is 10. The zero-order valence-electron chi connectivity index (χ0n) is 19.5. The van der Waals surface area contributed by atoms with Crippen molar-refractivity contribution in [2.45, 2.75) is 111 Å². The summed E-state index contributed by atoms with van der Waals surface area (Å²) in [6.45, 7) is 8.35. The van der Waals surface area contributed by atoms with E-state index in [1.165, 1.54) is 64.2 Å². The largest absolute Gasteiger partial charge is 2.00 e. The molecule has 0 rings (SSSR count). The van der Waals surface area contributed by atoms with Crippen LogP contribution in [0, 0.1) is 11.3 Å². The Balaban J connectivity index is -0.000000882. The van der Waals surface area contributed by atoms with Crippen LogP contribution in [0.3, 0.4) is 0 Å². The monoisotopic (exact) mass is 364 g/mol. The fraction of sp³-hybridized carbons (Fsp3) is 0.864. The third kappa shape index (κ3) is 17.2. The topological polar surface area (TPSA) is 37.3 Å². The fourth-order valence-corrected chi connectivity index (χ4v) is 3.17. The van der Waals surface area contributed by atoms with Crippen LogP contribution in [0.15, 0.2) is 12.2 Å². The molecule has 0 radical (unpaired) electrons. The molecule has 146 valence electrons. The van der Waals surface area contributed by atoms with Crippen molar-refractivity contribution in [2.24, 2.45) is 11.3 Å². The minimum Gasteiger partial charge on any atom is -1.00 e. The number of carboxylic acid groups (broad SMARTS) is 1. The van der Waals surface area contributed by atoms with Crippen molar-refractivity contribution in [1.29, 1.82) is 0 Å². The second-order valence-corrected chi connectivity index (χ2v) is 8.28. The zero-order valence-corrected chi connectivity index (χ0v) is 18.9. The van der Waals surface area contributed by atoms with Gasteiger partial charge in [-0.25, -0.2) is 0 Å². The van der Waals surface area contributed by atoms with E-state index in [1.807, 2.05) is 20.8 Å². The first-order valence-electron chi connectivity index (χ1n) is 10.3. The van der Waals surface area contributed by atoms with Crippen molar-refractivity contribution < 1.29 is 12.8 Å². The third-order valence-corrected chi connectivity index (χ3v) is 4.85. The number of carboxylic acids is 1. The Morgan fingerprint density at radius 3 is 1.76 bits per heavy atom. The molecule has 3 heteroatoms. The van der Waals surface area contributed by atoms with E-state index in [-0.39, 0.29) is 37.2 Å². The summed E-state index contributed by atoms with van der Waals surface area (Å²) < 4.78 is 0. The van der Waals surface area contributed by atoms with Gasteiger partial charge < -0.3 is 7.96 Å². The maximum atomic E-state index is 11.3. The number of aliphatic carboxylic acids is 1. The minimum absolute atomic E-state index is 0. The molecule has 0 fully saturated rings. The SMILES string of the molecule is CCCCCCCC/C=C\CCCCCCC(C(=O)O)C(C)(C)C.[H-].[H-].[Mg+2]. The van der Waals surface area contributed by atoms with Crippen molar-refractivity contribution >= 4 is 29.0 Å². The molecule has 0 heterocycles. The van der Waals surface area contributed by atoms with Crippen LogP contribution in [0.4, 0.5) is 0 Å². The molecule has 0 saturated heterocycles. The molecule has 1 atom stereocenters. The summed E-state index contributed by atoms with van der Waals surface area (Å²) >= 11 is 0. The van der Waals surface area contributed by atoms with Crippen LogP contribution in [0.5, 0.6) is 0 Å². The number of hydrogen-bond acceptors (Lipinski definition) is 1. The van der Waals surface area contributed by atoms with Gasteiger partial charge in [-0.2, -0.15) is 0 Å².